The number of carbonyl (C=O) groups excluding carboxylic acids is 1. The van der Waals surface area contributed by atoms with Gasteiger partial charge in [0.2, 0.25) is 5.91 Å². The maximum atomic E-state index is 12.6. The fraction of sp³-hybridized carbons (Fsp3) is 0.467. The van der Waals surface area contributed by atoms with Crippen molar-refractivity contribution in [2.75, 3.05) is 4.90 Å². The second-order valence-corrected chi connectivity index (χ2v) is 5.52. The Morgan fingerprint density at radius 3 is 2.53 bits per heavy atom. The summed E-state index contributed by atoms with van der Waals surface area (Å²) in [4.78, 5) is 25.4. The summed E-state index contributed by atoms with van der Waals surface area (Å²) in [5, 5.41) is 9.09. The summed E-state index contributed by atoms with van der Waals surface area (Å²) >= 11 is 0. The molecule has 100 valence electrons. The standard InChI is InChI=1S/C15H17NO3/c1-9-8-10-4-2-3-5-13(10)16(9)14(17)11-6-7-12(11)15(18)19/h2-5,9,11-12H,6-8H2,1H3,(H,18,19). The number of fused-ring (bicyclic) bond motifs is 1. The molecule has 1 aromatic carbocycles. The molecule has 2 aliphatic rings. The highest BCUT2D eigenvalue weighted by molar-refractivity contribution is 6.00. The summed E-state index contributed by atoms with van der Waals surface area (Å²) in [6.07, 6.45) is 2.17. The van der Waals surface area contributed by atoms with Crippen LogP contribution in [0.15, 0.2) is 24.3 Å². The van der Waals surface area contributed by atoms with Gasteiger partial charge in [-0.05, 0) is 37.8 Å². The molecular formula is C15H17NO3. The molecule has 4 heteroatoms. The molecule has 1 saturated carbocycles. The van der Waals surface area contributed by atoms with Crippen molar-refractivity contribution in [3.05, 3.63) is 29.8 Å². The van der Waals surface area contributed by atoms with E-state index < -0.39 is 11.9 Å². The number of carboxylic acids is 1. The van der Waals surface area contributed by atoms with Crippen molar-refractivity contribution in [1.29, 1.82) is 0 Å². The minimum absolute atomic E-state index is 0.0175. The summed E-state index contributed by atoms with van der Waals surface area (Å²) in [5.74, 6) is -1.69. The Labute approximate surface area is 112 Å². The topological polar surface area (TPSA) is 57.6 Å². The summed E-state index contributed by atoms with van der Waals surface area (Å²) in [7, 11) is 0. The molecule has 1 aromatic rings. The highest BCUT2D eigenvalue weighted by Crippen LogP contribution is 2.40. The molecule has 1 aliphatic heterocycles. The van der Waals surface area contributed by atoms with Crippen molar-refractivity contribution in [2.45, 2.75) is 32.2 Å². The lowest BCUT2D eigenvalue weighted by molar-refractivity contribution is -0.152. The Balaban J connectivity index is 1.86. The van der Waals surface area contributed by atoms with Crippen LogP contribution in [0.1, 0.15) is 25.3 Å². The fourth-order valence-electron chi connectivity index (χ4n) is 3.17. The van der Waals surface area contributed by atoms with Crippen LogP contribution in [0.4, 0.5) is 5.69 Å². The van der Waals surface area contributed by atoms with Crippen molar-refractivity contribution in [3.8, 4) is 0 Å². The molecule has 3 atom stereocenters. The average molecular weight is 259 g/mol. The number of aliphatic carboxylic acids is 1. The van der Waals surface area contributed by atoms with Crippen LogP contribution in [-0.2, 0) is 16.0 Å². The third kappa shape index (κ3) is 1.82. The summed E-state index contributed by atoms with van der Waals surface area (Å²) in [5.41, 5.74) is 2.13. The van der Waals surface area contributed by atoms with Crippen molar-refractivity contribution in [2.24, 2.45) is 11.8 Å². The van der Waals surface area contributed by atoms with Crippen molar-refractivity contribution in [3.63, 3.8) is 0 Å². The zero-order chi connectivity index (χ0) is 13.6. The predicted molar refractivity (Wildman–Crippen MR) is 70.9 cm³/mol. The van der Waals surface area contributed by atoms with E-state index in [9.17, 15) is 9.59 Å². The molecule has 1 aliphatic carbocycles. The Morgan fingerprint density at radius 1 is 1.21 bits per heavy atom. The largest absolute Gasteiger partial charge is 0.481 e. The van der Waals surface area contributed by atoms with Gasteiger partial charge in [-0.25, -0.2) is 0 Å². The van der Waals surface area contributed by atoms with E-state index in [0.29, 0.717) is 12.8 Å². The molecular weight excluding hydrogens is 242 g/mol. The normalized spacial score (nSPS) is 28.7. The minimum atomic E-state index is -0.843. The molecule has 0 saturated heterocycles. The van der Waals surface area contributed by atoms with Crippen LogP contribution in [0.2, 0.25) is 0 Å². The van der Waals surface area contributed by atoms with E-state index in [4.69, 9.17) is 5.11 Å². The Bertz CT molecular complexity index is 540. The summed E-state index contributed by atoms with van der Waals surface area (Å²) in [6, 6.07) is 8.01. The van der Waals surface area contributed by atoms with Gasteiger partial charge in [0.1, 0.15) is 0 Å². The van der Waals surface area contributed by atoms with Gasteiger partial charge < -0.3 is 10.0 Å². The lowest BCUT2D eigenvalue weighted by Gasteiger charge is -2.36. The second-order valence-electron chi connectivity index (χ2n) is 5.52. The van der Waals surface area contributed by atoms with Crippen molar-refractivity contribution >= 4 is 17.6 Å². The number of carbonyl (C=O) groups is 2. The molecule has 1 heterocycles. The Morgan fingerprint density at radius 2 is 1.89 bits per heavy atom. The SMILES string of the molecule is CC1Cc2ccccc2N1C(=O)C1CCC1C(=O)O. The van der Waals surface area contributed by atoms with E-state index in [2.05, 4.69) is 0 Å². The third-order valence-corrected chi connectivity index (χ3v) is 4.35. The number of amides is 1. The van der Waals surface area contributed by atoms with E-state index in [0.717, 1.165) is 12.1 Å². The third-order valence-electron chi connectivity index (χ3n) is 4.35. The van der Waals surface area contributed by atoms with Gasteiger partial charge in [0.05, 0.1) is 11.8 Å². The molecule has 4 nitrogen and oxygen atoms in total. The number of nitrogens with zero attached hydrogens (tertiary/aromatic N) is 1. The van der Waals surface area contributed by atoms with Gasteiger partial charge in [0, 0.05) is 11.7 Å². The van der Waals surface area contributed by atoms with Gasteiger partial charge in [0.15, 0.2) is 0 Å². The molecule has 1 fully saturated rings. The lowest BCUT2D eigenvalue weighted by Crippen LogP contribution is -2.48. The highest BCUT2D eigenvalue weighted by Gasteiger charge is 2.45. The van der Waals surface area contributed by atoms with E-state index in [1.807, 2.05) is 31.2 Å². The van der Waals surface area contributed by atoms with E-state index in [1.54, 1.807) is 4.90 Å². The Kier molecular flexibility index (Phi) is 2.81. The number of para-hydroxylation sites is 1. The number of benzene rings is 1. The molecule has 0 aromatic heterocycles. The van der Waals surface area contributed by atoms with Crippen LogP contribution in [-0.4, -0.2) is 23.0 Å². The summed E-state index contributed by atoms with van der Waals surface area (Å²) in [6.45, 7) is 2.02. The average Bonchev–Trinajstić information content (AvgIpc) is 2.62. The zero-order valence-electron chi connectivity index (χ0n) is 10.9. The number of anilines is 1. The molecule has 0 bridgehead atoms. The van der Waals surface area contributed by atoms with Gasteiger partial charge in [-0.1, -0.05) is 18.2 Å². The van der Waals surface area contributed by atoms with Gasteiger partial charge in [-0.2, -0.15) is 0 Å². The number of hydrogen-bond donors (Lipinski definition) is 1. The molecule has 1 amide bonds. The molecule has 0 spiro atoms. The first-order valence-corrected chi connectivity index (χ1v) is 6.73. The molecule has 3 unspecified atom stereocenters. The monoisotopic (exact) mass is 259 g/mol. The fourth-order valence-corrected chi connectivity index (χ4v) is 3.17. The van der Waals surface area contributed by atoms with Crippen molar-refractivity contribution < 1.29 is 14.7 Å². The first-order chi connectivity index (χ1) is 9.09. The molecule has 0 radical (unpaired) electrons. The molecule has 1 N–H and O–H groups in total. The van der Waals surface area contributed by atoms with Crippen LogP contribution in [0.3, 0.4) is 0 Å². The van der Waals surface area contributed by atoms with Crippen LogP contribution in [0, 0.1) is 11.8 Å². The smallest absolute Gasteiger partial charge is 0.307 e. The van der Waals surface area contributed by atoms with E-state index in [-0.39, 0.29) is 17.9 Å². The number of carboxylic acid groups (broad SMARTS) is 1. The van der Waals surface area contributed by atoms with Crippen LogP contribution >= 0.6 is 0 Å². The van der Waals surface area contributed by atoms with Gasteiger partial charge in [-0.15, -0.1) is 0 Å². The number of rotatable bonds is 2. The first kappa shape index (κ1) is 12.2. The van der Waals surface area contributed by atoms with E-state index >= 15 is 0 Å². The lowest BCUT2D eigenvalue weighted by atomic mass is 9.73. The van der Waals surface area contributed by atoms with Crippen LogP contribution in [0.25, 0.3) is 0 Å². The van der Waals surface area contributed by atoms with Crippen LogP contribution in [0.5, 0.6) is 0 Å². The molecule has 19 heavy (non-hydrogen) atoms. The molecule has 3 rings (SSSR count). The predicted octanol–water partition coefficient (Wildman–Crippen LogP) is 2.08. The minimum Gasteiger partial charge on any atom is -0.481 e. The first-order valence-electron chi connectivity index (χ1n) is 6.73. The van der Waals surface area contributed by atoms with Gasteiger partial charge >= 0.3 is 5.97 Å². The maximum absolute atomic E-state index is 12.6. The second kappa shape index (κ2) is 4.37. The summed E-state index contributed by atoms with van der Waals surface area (Å²) < 4.78 is 0. The van der Waals surface area contributed by atoms with Crippen LogP contribution < -0.4 is 4.90 Å². The van der Waals surface area contributed by atoms with Gasteiger partial charge in [0.25, 0.3) is 0 Å². The van der Waals surface area contributed by atoms with Gasteiger partial charge in [-0.3, -0.25) is 9.59 Å². The zero-order valence-corrected chi connectivity index (χ0v) is 10.9. The van der Waals surface area contributed by atoms with Crippen molar-refractivity contribution in [1.82, 2.24) is 0 Å². The van der Waals surface area contributed by atoms with E-state index in [1.165, 1.54) is 5.56 Å². The highest BCUT2D eigenvalue weighted by atomic mass is 16.4. The maximum Gasteiger partial charge on any atom is 0.307 e. The quantitative estimate of drug-likeness (QED) is 0.884. The number of hydrogen-bond acceptors (Lipinski definition) is 2. The Hall–Kier alpha value is -1.84.